The third kappa shape index (κ3) is 4.65. The highest BCUT2D eigenvalue weighted by Crippen LogP contribution is 2.58. The van der Waals surface area contributed by atoms with Crippen LogP contribution in [0.3, 0.4) is 0 Å². The van der Waals surface area contributed by atoms with Crippen LogP contribution in [0.1, 0.15) is 40.7 Å². The summed E-state index contributed by atoms with van der Waals surface area (Å²) in [7, 11) is 0. The SMILES string of the molecule is C1=c2c(oc3ccccc23)=C(c2ccc(N(c3ccc(-c4ccccc4)cc3)c3cccc4c3-c3ccccc3C43Cc4ccccc4C3)cc2)CC1. The maximum absolute atomic E-state index is 6.50. The van der Waals surface area contributed by atoms with Crippen molar-refractivity contribution in [3.63, 3.8) is 0 Å². The van der Waals surface area contributed by atoms with Gasteiger partial charge in [0.25, 0.3) is 0 Å². The Morgan fingerprint density at radius 1 is 0.509 bits per heavy atom. The molecular formula is C51H37NO. The standard InChI is InChI=1S/C51H37NO/c1-2-12-34(13-3-1)35-24-28-39(29-25-35)52(40-30-26-36(27-31-40)41-18-10-19-43-42-16-7-9-23-48(42)53-50(41)43)47-22-11-21-46-49(47)44-17-6-8-20-45(44)51(46)32-37-14-4-5-15-38(37)33-51/h1-9,11-17,19-31H,10,18,32-33H2. The lowest BCUT2D eigenvalue weighted by atomic mass is 9.75. The molecule has 0 amide bonds. The van der Waals surface area contributed by atoms with E-state index in [2.05, 4.69) is 181 Å². The van der Waals surface area contributed by atoms with Crippen LogP contribution in [0, 0.1) is 0 Å². The molecule has 1 spiro atoms. The summed E-state index contributed by atoms with van der Waals surface area (Å²) in [5.74, 6) is 0. The normalized spacial score (nSPS) is 14.8. The molecular weight excluding hydrogens is 643 g/mol. The van der Waals surface area contributed by atoms with Gasteiger partial charge in [-0.3, -0.25) is 0 Å². The summed E-state index contributed by atoms with van der Waals surface area (Å²) in [6.45, 7) is 0. The zero-order chi connectivity index (χ0) is 34.9. The molecule has 1 aromatic heterocycles. The van der Waals surface area contributed by atoms with E-state index >= 15 is 0 Å². The molecule has 7 aromatic carbocycles. The van der Waals surface area contributed by atoms with E-state index in [0.717, 1.165) is 48.1 Å². The average molecular weight is 680 g/mol. The first-order chi connectivity index (χ1) is 26.2. The van der Waals surface area contributed by atoms with Crippen molar-refractivity contribution in [1.82, 2.24) is 0 Å². The molecule has 0 aliphatic heterocycles. The van der Waals surface area contributed by atoms with Crippen LogP contribution < -0.4 is 15.5 Å². The minimum atomic E-state index is -0.0722. The Balaban J connectivity index is 1.09. The maximum Gasteiger partial charge on any atom is 0.138 e. The number of rotatable bonds is 5. The molecule has 0 saturated heterocycles. The molecule has 0 bridgehead atoms. The van der Waals surface area contributed by atoms with E-state index in [-0.39, 0.29) is 5.41 Å². The number of anilines is 3. The van der Waals surface area contributed by atoms with Crippen molar-refractivity contribution in [2.75, 3.05) is 4.90 Å². The van der Waals surface area contributed by atoms with Crippen molar-refractivity contribution in [3.05, 3.63) is 208 Å². The van der Waals surface area contributed by atoms with Crippen molar-refractivity contribution in [2.24, 2.45) is 0 Å². The largest absolute Gasteiger partial charge is 0.456 e. The summed E-state index contributed by atoms with van der Waals surface area (Å²) in [4.78, 5) is 2.47. The van der Waals surface area contributed by atoms with Gasteiger partial charge in [0, 0.05) is 38.5 Å². The number of hydrogen-bond donors (Lipinski definition) is 0. The number of nitrogens with zero attached hydrogens (tertiary/aromatic N) is 1. The summed E-state index contributed by atoms with van der Waals surface area (Å²) >= 11 is 0. The lowest BCUT2D eigenvalue weighted by Crippen LogP contribution is -2.26. The number of fused-ring (bicyclic) bond motifs is 9. The fourth-order valence-corrected chi connectivity index (χ4v) is 9.58. The molecule has 252 valence electrons. The lowest BCUT2D eigenvalue weighted by molar-refractivity contribution is 0.563. The number of hydrogen-bond acceptors (Lipinski definition) is 2. The molecule has 2 nitrogen and oxygen atoms in total. The maximum atomic E-state index is 6.50. The molecule has 1 heterocycles. The summed E-state index contributed by atoms with van der Waals surface area (Å²) in [5, 5.41) is 2.43. The Hall–Kier alpha value is -6.38. The van der Waals surface area contributed by atoms with Crippen molar-refractivity contribution < 1.29 is 4.42 Å². The van der Waals surface area contributed by atoms with Crippen molar-refractivity contribution >= 4 is 39.7 Å². The average Bonchev–Trinajstić information content (AvgIpc) is 3.89. The zero-order valence-corrected chi connectivity index (χ0v) is 29.4. The minimum absolute atomic E-state index is 0.0722. The van der Waals surface area contributed by atoms with E-state index in [4.69, 9.17) is 4.42 Å². The first-order valence-corrected chi connectivity index (χ1v) is 18.8. The van der Waals surface area contributed by atoms with Crippen LogP contribution in [0.5, 0.6) is 0 Å². The molecule has 53 heavy (non-hydrogen) atoms. The molecule has 3 aliphatic rings. The predicted molar refractivity (Wildman–Crippen MR) is 218 cm³/mol. The van der Waals surface area contributed by atoms with E-state index in [1.807, 2.05) is 0 Å². The molecule has 2 heteroatoms. The topological polar surface area (TPSA) is 16.4 Å². The Bertz CT molecular complexity index is 2800. The van der Waals surface area contributed by atoms with Crippen LogP contribution in [-0.2, 0) is 18.3 Å². The van der Waals surface area contributed by atoms with Gasteiger partial charge in [-0.05, 0) is 107 Å². The van der Waals surface area contributed by atoms with E-state index in [1.165, 1.54) is 71.9 Å². The van der Waals surface area contributed by atoms with E-state index in [9.17, 15) is 0 Å². The second-order valence-electron chi connectivity index (χ2n) is 14.8. The minimum Gasteiger partial charge on any atom is -0.456 e. The molecule has 0 atom stereocenters. The van der Waals surface area contributed by atoms with Crippen LogP contribution in [-0.4, -0.2) is 0 Å². The number of para-hydroxylation sites is 1. The third-order valence-corrected chi connectivity index (χ3v) is 12.0. The third-order valence-electron chi connectivity index (χ3n) is 12.0. The summed E-state index contributed by atoms with van der Waals surface area (Å²) in [5.41, 5.74) is 18.8. The van der Waals surface area contributed by atoms with Gasteiger partial charge in [0.05, 0.1) is 5.69 Å². The Morgan fingerprint density at radius 2 is 1.13 bits per heavy atom. The predicted octanol–water partition coefficient (Wildman–Crippen LogP) is 11.4. The second kappa shape index (κ2) is 11.8. The fourth-order valence-electron chi connectivity index (χ4n) is 9.58. The summed E-state index contributed by atoms with van der Waals surface area (Å²) < 4.78 is 6.50. The van der Waals surface area contributed by atoms with Crippen molar-refractivity contribution in [2.45, 2.75) is 31.1 Å². The Labute approximate surface area is 309 Å². The fraction of sp³-hybridized carbons (Fsp3) is 0.0980. The zero-order valence-electron chi connectivity index (χ0n) is 29.4. The molecule has 0 unspecified atom stereocenters. The van der Waals surface area contributed by atoms with Gasteiger partial charge in [0.2, 0.25) is 0 Å². The van der Waals surface area contributed by atoms with Crippen molar-refractivity contribution in [1.29, 1.82) is 0 Å². The Kier molecular flexibility index (Phi) is 6.76. The monoisotopic (exact) mass is 679 g/mol. The molecule has 0 saturated carbocycles. The second-order valence-corrected chi connectivity index (χ2v) is 14.8. The van der Waals surface area contributed by atoms with E-state index in [1.54, 1.807) is 0 Å². The van der Waals surface area contributed by atoms with Gasteiger partial charge in [-0.25, -0.2) is 0 Å². The highest BCUT2D eigenvalue weighted by atomic mass is 16.3. The van der Waals surface area contributed by atoms with Crippen LogP contribution in [0.4, 0.5) is 17.1 Å². The van der Waals surface area contributed by atoms with Crippen LogP contribution in [0.2, 0.25) is 0 Å². The molecule has 8 aromatic rings. The first kappa shape index (κ1) is 30.3. The molecule has 0 N–H and O–H groups in total. The molecule has 11 rings (SSSR count). The Morgan fingerprint density at radius 3 is 1.91 bits per heavy atom. The number of furan rings is 1. The van der Waals surface area contributed by atoms with Gasteiger partial charge in [0.15, 0.2) is 0 Å². The van der Waals surface area contributed by atoms with E-state index < -0.39 is 0 Å². The molecule has 0 fully saturated rings. The van der Waals surface area contributed by atoms with Gasteiger partial charge in [0.1, 0.15) is 11.0 Å². The summed E-state index contributed by atoms with van der Waals surface area (Å²) in [6.07, 6.45) is 6.36. The first-order valence-electron chi connectivity index (χ1n) is 18.8. The summed E-state index contributed by atoms with van der Waals surface area (Å²) in [6, 6.07) is 62.5. The van der Waals surface area contributed by atoms with Gasteiger partial charge < -0.3 is 9.32 Å². The van der Waals surface area contributed by atoms with Crippen LogP contribution in [0.15, 0.2) is 174 Å². The van der Waals surface area contributed by atoms with E-state index in [0.29, 0.717) is 0 Å². The van der Waals surface area contributed by atoms with Gasteiger partial charge in [-0.2, -0.15) is 0 Å². The van der Waals surface area contributed by atoms with Crippen molar-refractivity contribution in [3.8, 4) is 22.3 Å². The van der Waals surface area contributed by atoms with Gasteiger partial charge >= 0.3 is 0 Å². The highest BCUT2D eigenvalue weighted by Gasteiger charge is 2.48. The molecule has 0 radical (unpaired) electrons. The smallest absolute Gasteiger partial charge is 0.138 e. The quantitative estimate of drug-likeness (QED) is 0.180. The highest BCUT2D eigenvalue weighted by molar-refractivity contribution is 5.96. The van der Waals surface area contributed by atoms with Crippen LogP contribution in [0.25, 0.3) is 44.9 Å². The van der Waals surface area contributed by atoms with Gasteiger partial charge in [-0.1, -0.05) is 140 Å². The number of benzene rings is 7. The van der Waals surface area contributed by atoms with Crippen LogP contribution >= 0.6 is 0 Å². The lowest BCUT2D eigenvalue weighted by Gasteiger charge is -2.30. The van der Waals surface area contributed by atoms with Gasteiger partial charge in [-0.15, -0.1) is 0 Å². The molecule has 3 aliphatic carbocycles.